The molecule has 3 rings (SSSR count). The van der Waals surface area contributed by atoms with Crippen LogP contribution in [0.15, 0.2) is 54.6 Å². The van der Waals surface area contributed by atoms with E-state index in [1.807, 2.05) is 56.3 Å². The zero-order valence-corrected chi connectivity index (χ0v) is 18.7. The van der Waals surface area contributed by atoms with E-state index in [0.717, 1.165) is 33.2 Å². The third-order valence-corrected chi connectivity index (χ3v) is 5.47. The van der Waals surface area contributed by atoms with Crippen molar-refractivity contribution < 1.29 is 14.3 Å². The molecule has 158 valence electrons. The lowest BCUT2D eigenvalue weighted by molar-refractivity contribution is -0.127. The number of hydrogen-bond acceptors (Lipinski definition) is 3. The van der Waals surface area contributed by atoms with Crippen molar-refractivity contribution in [2.45, 2.75) is 52.7 Å². The largest absolute Gasteiger partial charge is 0.496 e. The highest BCUT2D eigenvalue weighted by molar-refractivity contribution is 5.84. The summed E-state index contributed by atoms with van der Waals surface area (Å²) in [6, 6.07) is 18.0. The maximum Gasteiger partial charge on any atom is 0.261 e. The molecule has 0 aromatic heterocycles. The van der Waals surface area contributed by atoms with Crippen molar-refractivity contribution >= 4 is 16.7 Å². The average Bonchev–Trinajstić information content (AvgIpc) is 2.72. The fourth-order valence-electron chi connectivity index (χ4n) is 3.72. The molecule has 0 radical (unpaired) electrons. The smallest absolute Gasteiger partial charge is 0.261 e. The minimum atomic E-state index is -0.600. The molecule has 4 nitrogen and oxygen atoms in total. The maximum atomic E-state index is 12.8. The molecule has 0 fully saturated rings. The molecule has 4 heteroatoms. The van der Waals surface area contributed by atoms with Gasteiger partial charge in [0.15, 0.2) is 6.10 Å². The Bertz CT molecular complexity index is 1040. The van der Waals surface area contributed by atoms with E-state index in [0.29, 0.717) is 11.7 Å². The van der Waals surface area contributed by atoms with Crippen LogP contribution in [0.2, 0.25) is 0 Å². The first-order chi connectivity index (χ1) is 14.3. The predicted molar refractivity (Wildman–Crippen MR) is 122 cm³/mol. The summed E-state index contributed by atoms with van der Waals surface area (Å²) in [5.41, 5.74) is 3.32. The SMILES string of the molecule is COc1cc(C)c([C@@H](C)NC(=O)[C@@H](C)Oc2ccc3ccccc3c2)cc1C(C)C. The van der Waals surface area contributed by atoms with Gasteiger partial charge in [-0.3, -0.25) is 4.79 Å². The van der Waals surface area contributed by atoms with Gasteiger partial charge in [0.2, 0.25) is 0 Å². The van der Waals surface area contributed by atoms with Crippen LogP contribution >= 0.6 is 0 Å². The lowest BCUT2D eigenvalue weighted by Crippen LogP contribution is -2.38. The Morgan fingerprint density at radius 2 is 1.60 bits per heavy atom. The topological polar surface area (TPSA) is 47.6 Å². The molecular weight excluding hydrogens is 374 g/mol. The van der Waals surface area contributed by atoms with E-state index in [4.69, 9.17) is 9.47 Å². The molecule has 0 unspecified atom stereocenters. The predicted octanol–water partition coefficient (Wildman–Crippen LogP) is 5.92. The fourth-order valence-corrected chi connectivity index (χ4v) is 3.72. The number of aryl methyl sites for hydroxylation is 1. The second-order valence-electron chi connectivity index (χ2n) is 8.10. The van der Waals surface area contributed by atoms with Crippen LogP contribution in [0.1, 0.15) is 56.3 Å². The Morgan fingerprint density at radius 1 is 0.900 bits per heavy atom. The minimum absolute atomic E-state index is 0.136. The number of carbonyl (C=O) groups is 1. The summed E-state index contributed by atoms with van der Waals surface area (Å²) < 4.78 is 11.4. The van der Waals surface area contributed by atoms with Gasteiger partial charge in [0, 0.05) is 0 Å². The Hall–Kier alpha value is -3.01. The van der Waals surface area contributed by atoms with E-state index in [9.17, 15) is 4.79 Å². The van der Waals surface area contributed by atoms with Gasteiger partial charge in [0.1, 0.15) is 11.5 Å². The molecule has 0 saturated carbocycles. The van der Waals surface area contributed by atoms with Gasteiger partial charge >= 0.3 is 0 Å². The second-order valence-corrected chi connectivity index (χ2v) is 8.10. The Kier molecular flexibility index (Phi) is 6.66. The van der Waals surface area contributed by atoms with Crippen LogP contribution in [0.25, 0.3) is 10.8 Å². The summed E-state index contributed by atoms with van der Waals surface area (Å²) in [6.07, 6.45) is -0.600. The van der Waals surface area contributed by atoms with Gasteiger partial charge in [-0.1, -0.05) is 44.2 Å². The van der Waals surface area contributed by atoms with Crippen molar-refractivity contribution in [3.63, 3.8) is 0 Å². The number of ether oxygens (including phenoxy) is 2. The first-order valence-corrected chi connectivity index (χ1v) is 10.4. The second kappa shape index (κ2) is 9.21. The van der Waals surface area contributed by atoms with Gasteiger partial charge in [0.25, 0.3) is 5.91 Å². The lowest BCUT2D eigenvalue weighted by atomic mass is 9.93. The normalized spacial score (nSPS) is 13.2. The molecule has 0 aliphatic carbocycles. The standard InChI is InChI=1S/C26H31NO3/c1-16(2)23-15-24(17(3)13-25(23)29-6)18(4)27-26(28)19(5)30-22-12-11-20-9-7-8-10-21(20)14-22/h7-16,18-19H,1-6H3,(H,27,28)/t18-,19-/m1/s1. The van der Waals surface area contributed by atoms with Crippen LogP contribution in [0.3, 0.4) is 0 Å². The van der Waals surface area contributed by atoms with E-state index < -0.39 is 6.10 Å². The number of amides is 1. The summed E-state index contributed by atoms with van der Waals surface area (Å²) in [6.45, 7) is 10.1. The van der Waals surface area contributed by atoms with Crippen molar-refractivity contribution in [3.05, 3.63) is 71.3 Å². The van der Waals surface area contributed by atoms with Gasteiger partial charge < -0.3 is 14.8 Å². The molecule has 0 aliphatic heterocycles. The number of nitrogens with one attached hydrogen (secondary N) is 1. The molecule has 0 heterocycles. The first-order valence-electron chi connectivity index (χ1n) is 10.4. The maximum absolute atomic E-state index is 12.8. The molecule has 0 spiro atoms. The Morgan fingerprint density at radius 3 is 2.27 bits per heavy atom. The summed E-state index contributed by atoms with van der Waals surface area (Å²) in [7, 11) is 1.69. The summed E-state index contributed by atoms with van der Waals surface area (Å²) in [5.74, 6) is 1.76. The Labute approximate surface area is 179 Å². The molecule has 1 amide bonds. The van der Waals surface area contributed by atoms with Gasteiger partial charge in [-0.25, -0.2) is 0 Å². The number of carbonyl (C=O) groups excluding carboxylic acids is 1. The zero-order chi connectivity index (χ0) is 21.8. The van der Waals surface area contributed by atoms with Crippen LogP contribution in [0.4, 0.5) is 0 Å². The molecule has 3 aromatic rings. The quantitative estimate of drug-likeness (QED) is 0.530. The van der Waals surface area contributed by atoms with Gasteiger partial charge in [-0.05, 0) is 78.4 Å². The van der Waals surface area contributed by atoms with Crippen molar-refractivity contribution in [2.75, 3.05) is 7.11 Å². The van der Waals surface area contributed by atoms with E-state index >= 15 is 0 Å². The molecule has 2 atom stereocenters. The van der Waals surface area contributed by atoms with E-state index in [1.165, 1.54) is 0 Å². The zero-order valence-electron chi connectivity index (χ0n) is 18.7. The van der Waals surface area contributed by atoms with Crippen molar-refractivity contribution in [1.82, 2.24) is 5.32 Å². The molecule has 0 saturated heterocycles. The van der Waals surface area contributed by atoms with Crippen LogP contribution in [-0.4, -0.2) is 19.1 Å². The van der Waals surface area contributed by atoms with E-state index in [1.54, 1.807) is 14.0 Å². The summed E-state index contributed by atoms with van der Waals surface area (Å²) >= 11 is 0. The average molecular weight is 406 g/mol. The van der Waals surface area contributed by atoms with Gasteiger partial charge in [-0.15, -0.1) is 0 Å². The van der Waals surface area contributed by atoms with Crippen LogP contribution in [-0.2, 0) is 4.79 Å². The molecule has 0 bridgehead atoms. The minimum Gasteiger partial charge on any atom is -0.496 e. The highest BCUT2D eigenvalue weighted by Crippen LogP contribution is 2.32. The number of fused-ring (bicyclic) bond motifs is 1. The van der Waals surface area contributed by atoms with Crippen molar-refractivity contribution in [3.8, 4) is 11.5 Å². The first kappa shape index (κ1) is 21.7. The van der Waals surface area contributed by atoms with Gasteiger partial charge in [0.05, 0.1) is 13.2 Å². The van der Waals surface area contributed by atoms with Crippen molar-refractivity contribution in [2.24, 2.45) is 0 Å². The van der Waals surface area contributed by atoms with Crippen LogP contribution < -0.4 is 14.8 Å². The monoisotopic (exact) mass is 405 g/mol. The molecule has 30 heavy (non-hydrogen) atoms. The van der Waals surface area contributed by atoms with E-state index in [2.05, 4.69) is 31.3 Å². The van der Waals surface area contributed by atoms with Crippen LogP contribution in [0, 0.1) is 6.92 Å². The van der Waals surface area contributed by atoms with Crippen molar-refractivity contribution in [1.29, 1.82) is 0 Å². The highest BCUT2D eigenvalue weighted by atomic mass is 16.5. The molecule has 0 aliphatic rings. The Balaban J connectivity index is 1.72. The number of methoxy groups -OCH3 is 1. The van der Waals surface area contributed by atoms with Crippen LogP contribution in [0.5, 0.6) is 11.5 Å². The third kappa shape index (κ3) is 4.76. The fraction of sp³-hybridized carbons (Fsp3) is 0.346. The number of benzene rings is 3. The lowest BCUT2D eigenvalue weighted by Gasteiger charge is -2.23. The van der Waals surface area contributed by atoms with Gasteiger partial charge in [-0.2, -0.15) is 0 Å². The molecule has 3 aromatic carbocycles. The molecule has 1 N–H and O–H groups in total. The number of hydrogen-bond donors (Lipinski definition) is 1. The third-order valence-electron chi connectivity index (χ3n) is 5.47. The summed E-state index contributed by atoms with van der Waals surface area (Å²) in [5, 5.41) is 5.33. The molecular formula is C26H31NO3. The number of rotatable bonds is 7. The van der Waals surface area contributed by atoms with E-state index in [-0.39, 0.29) is 11.9 Å². The summed E-state index contributed by atoms with van der Waals surface area (Å²) in [4.78, 5) is 12.8. The highest BCUT2D eigenvalue weighted by Gasteiger charge is 2.20.